The second-order valence-corrected chi connectivity index (χ2v) is 10.4. The number of carboxylic acids is 1. The number of aryl methyl sites for hydroxylation is 1. The Bertz CT molecular complexity index is 639. The summed E-state index contributed by atoms with van der Waals surface area (Å²) in [4.78, 5) is 14.2. The first-order valence-electron chi connectivity index (χ1n) is 12.9. The van der Waals surface area contributed by atoms with Crippen molar-refractivity contribution in [1.29, 1.82) is 0 Å². The zero-order valence-electron chi connectivity index (χ0n) is 20.8. The minimum absolute atomic E-state index is 0.286. The van der Waals surface area contributed by atoms with Gasteiger partial charge in [-0.15, -0.1) is 0 Å². The van der Waals surface area contributed by atoms with E-state index in [4.69, 9.17) is 0 Å². The van der Waals surface area contributed by atoms with Crippen molar-refractivity contribution in [2.24, 2.45) is 17.8 Å². The number of carbonyl (C=O) groups is 1. The number of carboxylic acid groups (broad SMARTS) is 1. The lowest BCUT2D eigenvalue weighted by Crippen LogP contribution is -2.44. The Balaban J connectivity index is 2.25. The molecule has 0 radical (unpaired) electrons. The lowest BCUT2D eigenvalue weighted by atomic mass is 9.82. The lowest BCUT2D eigenvalue weighted by Gasteiger charge is -2.45. The van der Waals surface area contributed by atoms with Gasteiger partial charge in [-0.05, 0) is 80.4 Å². The summed E-state index contributed by atoms with van der Waals surface area (Å²) >= 11 is 0. The van der Waals surface area contributed by atoms with Gasteiger partial charge < -0.3 is 5.11 Å². The average molecular weight is 430 g/mol. The third-order valence-corrected chi connectivity index (χ3v) is 7.35. The Kier molecular flexibility index (Phi) is 11.1. The summed E-state index contributed by atoms with van der Waals surface area (Å²) < 4.78 is 0. The van der Waals surface area contributed by atoms with Gasteiger partial charge in [-0.25, -0.2) is 0 Å². The summed E-state index contributed by atoms with van der Waals surface area (Å²) in [6.07, 6.45) is 10.9. The van der Waals surface area contributed by atoms with E-state index in [9.17, 15) is 9.90 Å². The summed E-state index contributed by atoms with van der Waals surface area (Å²) in [6.45, 7) is 12.6. The number of piperidine rings is 1. The topological polar surface area (TPSA) is 40.5 Å². The molecule has 0 aliphatic carbocycles. The molecule has 31 heavy (non-hydrogen) atoms. The Labute approximate surface area is 191 Å². The highest BCUT2D eigenvalue weighted by Gasteiger charge is 2.34. The Hall–Kier alpha value is -1.35. The van der Waals surface area contributed by atoms with Crippen molar-refractivity contribution < 1.29 is 9.90 Å². The molecule has 4 atom stereocenters. The lowest BCUT2D eigenvalue weighted by molar-refractivity contribution is -0.138. The third kappa shape index (κ3) is 8.60. The Morgan fingerprint density at radius 1 is 1.06 bits per heavy atom. The van der Waals surface area contributed by atoms with Crippen LogP contribution in [0, 0.1) is 17.8 Å². The maximum atomic E-state index is 11.4. The van der Waals surface area contributed by atoms with Gasteiger partial charge in [-0.3, -0.25) is 9.69 Å². The molecule has 0 amide bonds. The Morgan fingerprint density at radius 3 is 2.32 bits per heavy atom. The summed E-state index contributed by atoms with van der Waals surface area (Å²) in [5.41, 5.74) is 2.79. The van der Waals surface area contributed by atoms with E-state index in [1.54, 1.807) is 0 Å². The van der Waals surface area contributed by atoms with E-state index in [1.165, 1.54) is 49.7 Å². The second kappa shape index (κ2) is 13.3. The number of benzene rings is 1. The van der Waals surface area contributed by atoms with Crippen LogP contribution >= 0.6 is 0 Å². The molecule has 1 aromatic rings. The van der Waals surface area contributed by atoms with Gasteiger partial charge in [-0.2, -0.15) is 0 Å². The fourth-order valence-electron chi connectivity index (χ4n) is 5.13. The number of nitrogens with zero attached hydrogens (tertiary/aromatic N) is 1. The first kappa shape index (κ1) is 25.9. The molecule has 176 valence electrons. The first-order chi connectivity index (χ1) is 14.8. The van der Waals surface area contributed by atoms with Gasteiger partial charge in [0.25, 0.3) is 0 Å². The fourth-order valence-corrected chi connectivity index (χ4v) is 5.13. The molecule has 1 heterocycles. The van der Waals surface area contributed by atoms with E-state index >= 15 is 0 Å². The Morgan fingerprint density at radius 2 is 1.74 bits per heavy atom. The fraction of sp³-hybridized carbons (Fsp3) is 0.750. The third-order valence-electron chi connectivity index (χ3n) is 7.35. The van der Waals surface area contributed by atoms with Gasteiger partial charge in [0.15, 0.2) is 0 Å². The van der Waals surface area contributed by atoms with E-state index < -0.39 is 5.97 Å². The van der Waals surface area contributed by atoms with Crippen molar-refractivity contribution in [3.63, 3.8) is 0 Å². The summed E-state index contributed by atoms with van der Waals surface area (Å²) in [6, 6.07) is 10.2. The molecule has 0 saturated carbocycles. The van der Waals surface area contributed by atoms with Crippen LogP contribution in [0.4, 0.5) is 0 Å². The molecule has 0 bridgehead atoms. The highest BCUT2D eigenvalue weighted by atomic mass is 16.4. The van der Waals surface area contributed by atoms with E-state index in [0.29, 0.717) is 18.5 Å². The predicted molar refractivity (Wildman–Crippen MR) is 131 cm³/mol. The van der Waals surface area contributed by atoms with Crippen molar-refractivity contribution >= 4 is 5.97 Å². The predicted octanol–water partition coefficient (Wildman–Crippen LogP) is 7.50. The molecular formula is C28H47NO2. The van der Waals surface area contributed by atoms with Crippen molar-refractivity contribution in [3.8, 4) is 0 Å². The van der Waals surface area contributed by atoms with Crippen LogP contribution in [0.25, 0.3) is 0 Å². The normalized spacial score (nSPS) is 21.9. The maximum Gasteiger partial charge on any atom is 0.303 e. The number of rotatable bonds is 13. The SMILES string of the molecule is CCCc1ccc(C2C[C@H](CC(=O)O)CCN2C(CCC(C)C)CCC(C)CC)cc1. The molecule has 3 unspecified atom stereocenters. The highest BCUT2D eigenvalue weighted by Crippen LogP contribution is 2.39. The number of likely N-dealkylation sites (tertiary alicyclic amines) is 1. The van der Waals surface area contributed by atoms with E-state index in [1.807, 2.05) is 0 Å². The van der Waals surface area contributed by atoms with Crippen LogP contribution in [0.2, 0.25) is 0 Å². The molecule has 1 N–H and O–H groups in total. The molecular weight excluding hydrogens is 382 g/mol. The van der Waals surface area contributed by atoms with Gasteiger partial charge in [0.05, 0.1) is 0 Å². The maximum absolute atomic E-state index is 11.4. The minimum Gasteiger partial charge on any atom is -0.481 e. The molecule has 3 nitrogen and oxygen atoms in total. The number of aliphatic carboxylic acids is 1. The smallest absolute Gasteiger partial charge is 0.303 e. The molecule has 0 aromatic heterocycles. The molecule has 0 spiro atoms. The van der Waals surface area contributed by atoms with E-state index in [2.05, 4.69) is 63.8 Å². The van der Waals surface area contributed by atoms with Gasteiger partial charge >= 0.3 is 5.97 Å². The van der Waals surface area contributed by atoms with E-state index in [-0.39, 0.29) is 5.92 Å². The van der Waals surface area contributed by atoms with Crippen molar-refractivity contribution in [2.75, 3.05) is 6.54 Å². The summed E-state index contributed by atoms with van der Waals surface area (Å²) in [5.74, 6) is 1.14. The van der Waals surface area contributed by atoms with E-state index in [0.717, 1.165) is 37.6 Å². The monoisotopic (exact) mass is 429 g/mol. The van der Waals surface area contributed by atoms with Crippen LogP contribution in [0.5, 0.6) is 0 Å². The van der Waals surface area contributed by atoms with Gasteiger partial charge in [0.2, 0.25) is 0 Å². The molecule has 2 rings (SSSR count). The van der Waals surface area contributed by atoms with Crippen LogP contribution in [0.1, 0.15) is 110 Å². The molecule has 1 aliphatic rings. The minimum atomic E-state index is -0.649. The van der Waals surface area contributed by atoms with Gasteiger partial charge in [0, 0.05) is 18.5 Å². The summed E-state index contributed by atoms with van der Waals surface area (Å²) in [5, 5.41) is 9.40. The molecule has 1 saturated heterocycles. The van der Waals surface area contributed by atoms with Gasteiger partial charge in [-0.1, -0.05) is 71.7 Å². The standard InChI is InChI=1S/C28H47NO2/c1-6-8-23-11-13-25(14-12-23)27-19-24(20-28(30)31)17-18-29(27)26(15-9-21(3)4)16-10-22(5)7-2/h11-14,21-22,24,26-27H,6-10,15-20H2,1-5H3,(H,30,31)/t22?,24-,26?,27?/m1/s1. The zero-order chi connectivity index (χ0) is 22.8. The van der Waals surface area contributed by atoms with Crippen LogP contribution in [-0.4, -0.2) is 28.6 Å². The summed E-state index contributed by atoms with van der Waals surface area (Å²) in [7, 11) is 0. The number of hydrogen-bond donors (Lipinski definition) is 1. The van der Waals surface area contributed by atoms with Crippen LogP contribution < -0.4 is 0 Å². The quantitative estimate of drug-likeness (QED) is 0.353. The van der Waals surface area contributed by atoms with Crippen LogP contribution in [0.15, 0.2) is 24.3 Å². The largest absolute Gasteiger partial charge is 0.481 e. The molecule has 1 fully saturated rings. The zero-order valence-corrected chi connectivity index (χ0v) is 20.8. The molecule has 1 aliphatic heterocycles. The highest BCUT2D eigenvalue weighted by molar-refractivity contribution is 5.67. The average Bonchev–Trinajstić information content (AvgIpc) is 2.74. The first-order valence-corrected chi connectivity index (χ1v) is 12.9. The van der Waals surface area contributed by atoms with Crippen molar-refractivity contribution in [1.82, 2.24) is 4.90 Å². The second-order valence-electron chi connectivity index (χ2n) is 10.4. The van der Waals surface area contributed by atoms with Crippen LogP contribution in [0.3, 0.4) is 0 Å². The van der Waals surface area contributed by atoms with Crippen molar-refractivity contribution in [3.05, 3.63) is 35.4 Å². The molecule has 3 heteroatoms. The number of hydrogen-bond acceptors (Lipinski definition) is 2. The van der Waals surface area contributed by atoms with Gasteiger partial charge in [0.1, 0.15) is 0 Å². The molecule has 1 aromatic carbocycles. The van der Waals surface area contributed by atoms with Crippen LogP contribution in [-0.2, 0) is 11.2 Å². The van der Waals surface area contributed by atoms with Crippen molar-refractivity contribution in [2.45, 2.75) is 111 Å².